The third kappa shape index (κ3) is 5.81. The van der Waals surface area contributed by atoms with Gasteiger partial charge in [-0.3, -0.25) is 14.6 Å². The first-order chi connectivity index (χ1) is 13.9. The lowest BCUT2D eigenvalue weighted by Crippen LogP contribution is -2.32. The number of rotatable bonds is 7. The van der Waals surface area contributed by atoms with E-state index in [-0.39, 0.29) is 29.6 Å². The molecule has 29 heavy (non-hydrogen) atoms. The lowest BCUT2D eigenvalue weighted by Gasteiger charge is -2.20. The van der Waals surface area contributed by atoms with Crippen molar-refractivity contribution in [2.75, 3.05) is 0 Å². The molecule has 1 aromatic carbocycles. The number of carbonyl (C=O) groups is 1. The Hall–Kier alpha value is -3.35. The van der Waals surface area contributed by atoms with Crippen LogP contribution in [0.15, 0.2) is 59.7 Å². The number of hydrogen-bond donors (Lipinski definition) is 2. The minimum Gasteiger partial charge on any atom is -0.349 e. The van der Waals surface area contributed by atoms with Gasteiger partial charge in [0.25, 0.3) is 5.56 Å². The van der Waals surface area contributed by atoms with E-state index in [0.717, 1.165) is 11.1 Å². The Kier molecular flexibility index (Phi) is 6.49. The number of aromatic amines is 1. The maximum Gasteiger partial charge on any atom is 0.251 e. The van der Waals surface area contributed by atoms with E-state index in [0.29, 0.717) is 17.9 Å². The molecular formula is C22H23FN4O2. The van der Waals surface area contributed by atoms with Crippen LogP contribution >= 0.6 is 0 Å². The van der Waals surface area contributed by atoms with Crippen molar-refractivity contribution in [2.45, 2.75) is 38.6 Å². The predicted octanol–water partition coefficient (Wildman–Crippen LogP) is 3.07. The molecule has 0 saturated heterocycles. The van der Waals surface area contributed by atoms with Gasteiger partial charge in [0.2, 0.25) is 5.91 Å². The second-order valence-electron chi connectivity index (χ2n) is 7.19. The molecule has 7 heteroatoms. The molecule has 2 heterocycles. The van der Waals surface area contributed by atoms with E-state index in [1.807, 2.05) is 19.9 Å². The van der Waals surface area contributed by atoms with Crippen molar-refractivity contribution in [1.29, 1.82) is 0 Å². The molecule has 0 fully saturated rings. The summed E-state index contributed by atoms with van der Waals surface area (Å²) >= 11 is 0. The highest BCUT2D eigenvalue weighted by molar-refractivity contribution is 5.79. The first kappa shape index (κ1) is 20.4. The largest absolute Gasteiger partial charge is 0.349 e. The van der Waals surface area contributed by atoms with Gasteiger partial charge < -0.3 is 10.3 Å². The number of nitrogens with one attached hydrogen (secondary N) is 2. The summed E-state index contributed by atoms with van der Waals surface area (Å²) in [5.41, 5.74) is 1.85. The lowest BCUT2D eigenvalue weighted by atomic mass is 10.0. The highest BCUT2D eigenvalue weighted by Gasteiger charge is 2.18. The predicted molar refractivity (Wildman–Crippen MR) is 108 cm³/mol. The van der Waals surface area contributed by atoms with Crippen LogP contribution in [0, 0.1) is 5.82 Å². The van der Waals surface area contributed by atoms with Crippen molar-refractivity contribution in [2.24, 2.45) is 0 Å². The lowest BCUT2D eigenvalue weighted by molar-refractivity contribution is -0.121. The number of aromatic nitrogens is 3. The Morgan fingerprint density at radius 3 is 2.62 bits per heavy atom. The molecule has 1 unspecified atom stereocenters. The molecule has 1 amide bonds. The SMILES string of the molecule is CC(C)c1nc(CC(NC(=O)Cc2cccnc2)c2ccc(F)cc2)cc(=O)[nH]1. The maximum absolute atomic E-state index is 13.4. The number of benzene rings is 1. The number of hydrogen-bond acceptors (Lipinski definition) is 4. The standard InChI is InChI=1S/C22H23FN4O2/c1-14(2)22-25-18(12-21(29)27-22)11-19(16-5-7-17(23)8-6-16)26-20(28)10-15-4-3-9-24-13-15/h3-9,12-14,19H,10-11H2,1-2H3,(H,26,28)(H,25,27,29). The zero-order valence-corrected chi connectivity index (χ0v) is 16.4. The number of pyridine rings is 1. The summed E-state index contributed by atoms with van der Waals surface area (Å²) in [6.45, 7) is 3.88. The minimum absolute atomic E-state index is 0.0621. The molecule has 1 atom stereocenters. The smallest absolute Gasteiger partial charge is 0.251 e. The third-order valence-electron chi connectivity index (χ3n) is 4.47. The normalized spacial score (nSPS) is 12.0. The van der Waals surface area contributed by atoms with E-state index in [4.69, 9.17) is 0 Å². The van der Waals surface area contributed by atoms with E-state index < -0.39 is 6.04 Å². The quantitative estimate of drug-likeness (QED) is 0.645. The summed E-state index contributed by atoms with van der Waals surface area (Å²) in [6.07, 6.45) is 3.77. The number of carbonyl (C=O) groups excluding carboxylic acids is 1. The van der Waals surface area contributed by atoms with Gasteiger partial charge in [0.1, 0.15) is 11.6 Å². The van der Waals surface area contributed by atoms with Gasteiger partial charge in [-0.25, -0.2) is 9.37 Å². The number of H-pyrrole nitrogens is 1. The van der Waals surface area contributed by atoms with Gasteiger partial charge in [0.15, 0.2) is 0 Å². The zero-order chi connectivity index (χ0) is 20.8. The monoisotopic (exact) mass is 394 g/mol. The molecule has 0 aliphatic rings. The Balaban J connectivity index is 1.84. The van der Waals surface area contributed by atoms with Crippen LogP contribution in [-0.2, 0) is 17.6 Å². The molecule has 0 radical (unpaired) electrons. The highest BCUT2D eigenvalue weighted by Crippen LogP contribution is 2.19. The van der Waals surface area contributed by atoms with Gasteiger partial charge in [-0.15, -0.1) is 0 Å². The highest BCUT2D eigenvalue weighted by atomic mass is 19.1. The van der Waals surface area contributed by atoms with Gasteiger partial charge in [-0.05, 0) is 29.3 Å². The Labute approximate surface area is 168 Å². The second-order valence-corrected chi connectivity index (χ2v) is 7.19. The summed E-state index contributed by atoms with van der Waals surface area (Å²) in [5.74, 6) is 0.103. The minimum atomic E-state index is -0.450. The van der Waals surface area contributed by atoms with Crippen LogP contribution in [0.5, 0.6) is 0 Å². The van der Waals surface area contributed by atoms with E-state index >= 15 is 0 Å². The maximum atomic E-state index is 13.4. The number of amides is 1. The molecule has 0 aliphatic carbocycles. The van der Waals surface area contributed by atoms with Crippen molar-refractivity contribution < 1.29 is 9.18 Å². The second kappa shape index (κ2) is 9.23. The van der Waals surface area contributed by atoms with Crippen LogP contribution in [-0.4, -0.2) is 20.9 Å². The van der Waals surface area contributed by atoms with Crippen LogP contribution in [0.25, 0.3) is 0 Å². The molecule has 0 bridgehead atoms. The van der Waals surface area contributed by atoms with Crippen LogP contribution in [0.4, 0.5) is 4.39 Å². The number of halogens is 1. The van der Waals surface area contributed by atoms with Gasteiger partial charge in [0, 0.05) is 30.8 Å². The van der Waals surface area contributed by atoms with Crippen molar-refractivity contribution in [3.8, 4) is 0 Å². The molecule has 150 valence electrons. The van der Waals surface area contributed by atoms with Crippen LogP contribution < -0.4 is 10.9 Å². The molecule has 2 aromatic heterocycles. The first-order valence-corrected chi connectivity index (χ1v) is 9.44. The van der Waals surface area contributed by atoms with Crippen LogP contribution in [0.3, 0.4) is 0 Å². The average molecular weight is 394 g/mol. The summed E-state index contributed by atoms with van der Waals surface area (Å²) < 4.78 is 13.4. The van der Waals surface area contributed by atoms with Crippen LogP contribution in [0.1, 0.15) is 48.5 Å². The first-order valence-electron chi connectivity index (χ1n) is 9.44. The van der Waals surface area contributed by atoms with Crippen molar-refractivity contribution >= 4 is 5.91 Å². The van der Waals surface area contributed by atoms with Crippen molar-refractivity contribution in [3.63, 3.8) is 0 Å². The van der Waals surface area contributed by atoms with Gasteiger partial charge >= 0.3 is 0 Å². The summed E-state index contributed by atoms with van der Waals surface area (Å²) in [4.78, 5) is 35.9. The van der Waals surface area contributed by atoms with E-state index in [2.05, 4.69) is 20.3 Å². The third-order valence-corrected chi connectivity index (χ3v) is 4.47. The van der Waals surface area contributed by atoms with E-state index in [1.165, 1.54) is 18.2 Å². The topological polar surface area (TPSA) is 87.7 Å². The van der Waals surface area contributed by atoms with E-state index in [9.17, 15) is 14.0 Å². The molecule has 2 N–H and O–H groups in total. The fraction of sp³-hybridized carbons (Fsp3) is 0.273. The fourth-order valence-electron chi connectivity index (χ4n) is 3.00. The average Bonchev–Trinajstić information content (AvgIpc) is 2.68. The molecule has 3 aromatic rings. The van der Waals surface area contributed by atoms with E-state index in [1.54, 1.807) is 30.6 Å². The summed E-state index contributed by atoms with van der Waals surface area (Å²) in [5, 5.41) is 2.98. The van der Waals surface area contributed by atoms with Gasteiger partial charge in [0.05, 0.1) is 18.2 Å². The summed E-state index contributed by atoms with van der Waals surface area (Å²) in [7, 11) is 0. The molecule has 0 aliphatic heterocycles. The fourth-order valence-corrected chi connectivity index (χ4v) is 3.00. The molecular weight excluding hydrogens is 371 g/mol. The van der Waals surface area contributed by atoms with Gasteiger partial charge in [-0.2, -0.15) is 0 Å². The van der Waals surface area contributed by atoms with Crippen LogP contribution in [0.2, 0.25) is 0 Å². The Bertz CT molecular complexity index is 1020. The molecule has 0 saturated carbocycles. The summed E-state index contributed by atoms with van der Waals surface area (Å²) in [6, 6.07) is 10.5. The molecule has 6 nitrogen and oxygen atoms in total. The Morgan fingerprint density at radius 2 is 1.97 bits per heavy atom. The molecule has 3 rings (SSSR count). The molecule has 0 spiro atoms. The zero-order valence-electron chi connectivity index (χ0n) is 16.4. The number of nitrogens with zero attached hydrogens (tertiary/aromatic N) is 2. The van der Waals surface area contributed by atoms with Gasteiger partial charge in [-0.1, -0.05) is 32.0 Å². The van der Waals surface area contributed by atoms with Crippen molar-refractivity contribution in [3.05, 3.63) is 93.7 Å². The van der Waals surface area contributed by atoms with Crippen molar-refractivity contribution in [1.82, 2.24) is 20.3 Å². The Morgan fingerprint density at radius 1 is 1.21 bits per heavy atom.